The Balaban J connectivity index is 1.60. The number of rotatable bonds is 11. The van der Waals surface area contributed by atoms with Crippen LogP contribution in [0.15, 0.2) is 99.7 Å². The SMILES string of the molecule is CCCCC(c1ccccc1SC1C(=O)N(c2c(Cl)cc(Cl)cc2Cl)NC1=Nc1cccc(NC(C)=O)c1)S(=O)(=O)c1ccc(C)cc1. The Morgan fingerprint density at radius 1 is 1.00 bits per heavy atom. The molecule has 0 spiro atoms. The van der Waals surface area contributed by atoms with Crippen LogP contribution in [0.5, 0.6) is 0 Å². The highest BCUT2D eigenvalue weighted by Gasteiger charge is 2.42. The average Bonchev–Trinajstić information content (AvgIpc) is 3.31. The molecule has 2 unspecified atom stereocenters. The van der Waals surface area contributed by atoms with Gasteiger partial charge in [0.05, 0.1) is 25.9 Å². The van der Waals surface area contributed by atoms with Crippen LogP contribution in [-0.2, 0) is 19.4 Å². The normalized spacial score (nSPS) is 16.2. The number of aryl methyl sites for hydroxylation is 1. The molecule has 1 saturated heterocycles. The van der Waals surface area contributed by atoms with Crippen molar-refractivity contribution in [1.29, 1.82) is 0 Å². The summed E-state index contributed by atoms with van der Waals surface area (Å²) < 4.78 is 28.3. The standard InChI is InChI=1S/C35H33Cl3N4O4S2/c1-4-5-13-31(48(45,46)26-16-14-21(2)15-17-26)27-11-6-7-12-30(27)47-33-34(40-25-10-8-9-24(20-25)39-22(3)43)41-42(35(33)44)32-28(37)18-23(36)19-29(32)38/h6-12,14-20,31,33H,4-5,13H2,1-3H3,(H,39,43)(H,40,41). The summed E-state index contributed by atoms with van der Waals surface area (Å²) in [5, 5.41) is 2.77. The summed E-state index contributed by atoms with van der Waals surface area (Å²) >= 11 is 20.4. The number of halogens is 3. The van der Waals surface area contributed by atoms with E-state index in [9.17, 15) is 18.0 Å². The number of thioether (sulfide) groups is 1. The van der Waals surface area contributed by atoms with E-state index in [1.165, 1.54) is 35.8 Å². The van der Waals surface area contributed by atoms with Crippen molar-refractivity contribution >= 4 is 91.1 Å². The number of nitrogens with one attached hydrogen (secondary N) is 2. The highest BCUT2D eigenvalue weighted by Crippen LogP contribution is 2.43. The van der Waals surface area contributed by atoms with Crippen molar-refractivity contribution in [3.05, 3.63) is 111 Å². The van der Waals surface area contributed by atoms with Crippen molar-refractivity contribution in [3.63, 3.8) is 0 Å². The molecule has 0 bridgehead atoms. The van der Waals surface area contributed by atoms with Gasteiger partial charge in [0.1, 0.15) is 16.8 Å². The molecule has 8 nitrogen and oxygen atoms in total. The third kappa shape index (κ3) is 8.01. The minimum Gasteiger partial charge on any atom is -0.326 e. The van der Waals surface area contributed by atoms with Gasteiger partial charge in [-0.25, -0.2) is 18.4 Å². The summed E-state index contributed by atoms with van der Waals surface area (Å²) in [5.41, 5.74) is 5.83. The third-order valence-corrected chi connectivity index (χ3v) is 11.8. The van der Waals surface area contributed by atoms with Crippen molar-refractivity contribution in [2.24, 2.45) is 4.99 Å². The van der Waals surface area contributed by atoms with E-state index >= 15 is 0 Å². The molecular formula is C35H33Cl3N4O4S2. The van der Waals surface area contributed by atoms with Crippen LogP contribution in [-0.4, -0.2) is 31.3 Å². The Bertz CT molecular complexity index is 1970. The number of benzene rings is 4. The van der Waals surface area contributed by atoms with Crippen LogP contribution in [0.1, 0.15) is 49.5 Å². The number of sulfone groups is 1. The smallest absolute Gasteiger partial charge is 0.267 e. The summed E-state index contributed by atoms with van der Waals surface area (Å²) in [4.78, 5) is 31.6. The average molecular weight is 744 g/mol. The first-order valence-corrected chi connectivity index (χ1v) is 18.7. The zero-order chi connectivity index (χ0) is 34.6. The van der Waals surface area contributed by atoms with E-state index in [1.807, 2.05) is 26.0 Å². The Hall–Kier alpha value is -3.54. The fraction of sp³-hybridized carbons (Fsp3) is 0.229. The fourth-order valence-electron chi connectivity index (χ4n) is 5.30. The topological polar surface area (TPSA) is 108 Å². The largest absolute Gasteiger partial charge is 0.326 e. The van der Waals surface area contributed by atoms with E-state index in [2.05, 4.69) is 10.7 Å². The van der Waals surface area contributed by atoms with Crippen LogP contribution < -0.4 is 15.8 Å². The number of nitrogens with zero attached hydrogens (tertiary/aromatic N) is 2. The molecule has 48 heavy (non-hydrogen) atoms. The molecule has 1 aliphatic rings. The molecule has 4 aromatic rings. The number of aliphatic imine (C=N–C) groups is 1. The minimum atomic E-state index is -3.80. The lowest BCUT2D eigenvalue weighted by molar-refractivity contribution is -0.116. The molecule has 0 radical (unpaired) electrons. The van der Waals surface area contributed by atoms with Gasteiger partial charge in [-0.3, -0.25) is 15.0 Å². The number of amides is 2. The summed E-state index contributed by atoms with van der Waals surface area (Å²) in [7, 11) is -3.80. The minimum absolute atomic E-state index is 0.148. The second kappa shape index (κ2) is 15.3. The molecular weight excluding hydrogens is 711 g/mol. The van der Waals surface area contributed by atoms with Crippen molar-refractivity contribution in [1.82, 2.24) is 5.43 Å². The van der Waals surface area contributed by atoms with Gasteiger partial charge < -0.3 is 5.32 Å². The molecule has 2 atom stereocenters. The van der Waals surface area contributed by atoms with Crippen LogP contribution >= 0.6 is 46.6 Å². The van der Waals surface area contributed by atoms with E-state index in [1.54, 1.807) is 60.7 Å². The molecule has 5 rings (SSSR count). The first-order chi connectivity index (χ1) is 22.9. The Kier molecular flexibility index (Phi) is 11.4. The maximum atomic E-state index is 14.3. The van der Waals surface area contributed by atoms with Gasteiger partial charge in [-0.1, -0.05) is 96.5 Å². The third-order valence-electron chi connectivity index (χ3n) is 7.60. The summed E-state index contributed by atoms with van der Waals surface area (Å²) in [6.07, 6.45) is 1.91. The van der Waals surface area contributed by atoms with Crippen molar-refractivity contribution in [3.8, 4) is 0 Å². The van der Waals surface area contributed by atoms with Crippen LogP contribution in [0.4, 0.5) is 17.1 Å². The number of carbonyl (C=O) groups is 2. The van der Waals surface area contributed by atoms with Gasteiger partial charge in [-0.2, -0.15) is 0 Å². The van der Waals surface area contributed by atoms with Crippen LogP contribution in [0.2, 0.25) is 15.1 Å². The first-order valence-electron chi connectivity index (χ1n) is 15.2. The maximum absolute atomic E-state index is 14.3. The second-order valence-electron chi connectivity index (χ2n) is 11.3. The van der Waals surface area contributed by atoms with Crippen molar-refractivity contribution in [2.75, 3.05) is 10.3 Å². The molecule has 250 valence electrons. The Labute approximate surface area is 299 Å². The predicted octanol–water partition coefficient (Wildman–Crippen LogP) is 9.36. The number of hydrogen-bond acceptors (Lipinski definition) is 6. The van der Waals surface area contributed by atoms with Gasteiger partial charge in [0.15, 0.2) is 9.84 Å². The lowest BCUT2D eigenvalue weighted by atomic mass is 10.1. The number of carbonyl (C=O) groups excluding carboxylic acids is 2. The molecule has 1 fully saturated rings. The number of anilines is 2. The monoisotopic (exact) mass is 742 g/mol. The van der Waals surface area contributed by atoms with Crippen molar-refractivity contribution < 1.29 is 18.0 Å². The fourth-order valence-corrected chi connectivity index (χ4v) is 9.40. The second-order valence-corrected chi connectivity index (χ2v) is 15.8. The van der Waals surface area contributed by atoms with Gasteiger partial charge in [-0.05, 0) is 67.4 Å². The first kappa shape index (κ1) is 35.8. The highest BCUT2D eigenvalue weighted by molar-refractivity contribution is 8.01. The van der Waals surface area contributed by atoms with E-state index < -0.39 is 26.2 Å². The van der Waals surface area contributed by atoms with Gasteiger partial charge >= 0.3 is 0 Å². The summed E-state index contributed by atoms with van der Waals surface area (Å²) in [6.45, 7) is 5.33. The molecule has 4 aromatic carbocycles. The van der Waals surface area contributed by atoms with Crippen LogP contribution in [0, 0.1) is 6.92 Å². The lowest BCUT2D eigenvalue weighted by Gasteiger charge is -2.22. The summed E-state index contributed by atoms with van der Waals surface area (Å²) in [6, 6.07) is 23.9. The molecule has 13 heteroatoms. The van der Waals surface area contributed by atoms with Crippen LogP contribution in [0.25, 0.3) is 0 Å². The Morgan fingerprint density at radius 3 is 2.35 bits per heavy atom. The predicted molar refractivity (Wildman–Crippen MR) is 197 cm³/mol. The van der Waals surface area contributed by atoms with E-state index in [-0.39, 0.29) is 32.4 Å². The highest BCUT2D eigenvalue weighted by atomic mass is 35.5. The molecule has 2 amide bonds. The van der Waals surface area contributed by atoms with Gasteiger partial charge in [-0.15, -0.1) is 11.8 Å². The van der Waals surface area contributed by atoms with E-state index in [0.29, 0.717) is 39.7 Å². The number of hydrazine groups is 1. The maximum Gasteiger partial charge on any atom is 0.267 e. The Morgan fingerprint density at radius 2 is 1.69 bits per heavy atom. The van der Waals surface area contributed by atoms with E-state index in [4.69, 9.17) is 39.8 Å². The van der Waals surface area contributed by atoms with Crippen molar-refractivity contribution in [2.45, 2.75) is 60.3 Å². The van der Waals surface area contributed by atoms with Crippen LogP contribution in [0.3, 0.4) is 0 Å². The molecule has 2 N–H and O–H groups in total. The quantitative estimate of drug-likeness (QED) is 0.159. The summed E-state index contributed by atoms with van der Waals surface area (Å²) in [5.74, 6) is -0.409. The van der Waals surface area contributed by atoms with Gasteiger partial charge in [0.2, 0.25) is 5.91 Å². The number of hydrogen-bond donors (Lipinski definition) is 2. The zero-order valence-corrected chi connectivity index (χ0v) is 30.2. The zero-order valence-electron chi connectivity index (χ0n) is 26.3. The molecule has 0 aliphatic carbocycles. The number of unbranched alkanes of at least 4 members (excludes halogenated alkanes) is 1. The molecule has 0 aromatic heterocycles. The molecule has 0 saturated carbocycles. The molecule has 1 heterocycles. The van der Waals surface area contributed by atoms with E-state index in [0.717, 1.165) is 12.0 Å². The number of amidine groups is 1. The molecule has 1 aliphatic heterocycles. The lowest BCUT2D eigenvalue weighted by Crippen LogP contribution is -2.36. The van der Waals surface area contributed by atoms with Gasteiger partial charge in [0.25, 0.3) is 5.91 Å². The van der Waals surface area contributed by atoms with Gasteiger partial charge in [0, 0.05) is 22.5 Å².